The Morgan fingerprint density at radius 2 is 1.80 bits per heavy atom. The number of carbonyl (C=O) groups excluding carboxylic acids is 1. The Labute approximate surface area is 115 Å². The van der Waals surface area contributed by atoms with Crippen molar-refractivity contribution >= 4 is 27.9 Å². The molecule has 0 bridgehead atoms. The van der Waals surface area contributed by atoms with Crippen molar-refractivity contribution in [3.63, 3.8) is 0 Å². The van der Waals surface area contributed by atoms with Crippen molar-refractivity contribution in [2.75, 3.05) is 4.31 Å². The molecule has 0 aromatic heterocycles. The number of nitrogens with two attached hydrogens (primary N) is 1. The summed E-state index contributed by atoms with van der Waals surface area (Å²) in [4.78, 5) is 22.4. The van der Waals surface area contributed by atoms with Gasteiger partial charge in [0.2, 0.25) is 5.91 Å². The molecule has 8 nitrogen and oxygen atoms in total. The summed E-state index contributed by atoms with van der Waals surface area (Å²) in [5, 5.41) is 8.59. The Hall–Kier alpha value is -1.97. The fourth-order valence-electron chi connectivity index (χ4n) is 1.47. The van der Waals surface area contributed by atoms with Gasteiger partial charge < -0.3 is 10.8 Å². The van der Waals surface area contributed by atoms with Crippen LogP contribution in [-0.4, -0.2) is 36.0 Å². The molecule has 0 radical (unpaired) electrons. The number of hydrogen-bond acceptors (Lipinski definition) is 5. The van der Waals surface area contributed by atoms with Crippen molar-refractivity contribution in [3.05, 3.63) is 30.3 Å². The zero-order valence-electron chi connectivity index (χ0n) is 10.3. The third kappa shape index (κ3) is 4.30. The highest BCUT2D eigenvalue weighted by atomic mass is 32.2. The van der Waals surface area contributed by atoms with Crippen LogP contribution in [0.5, 0.6) is 0 Å². The molecule has 0 saturated carbocycles. The third-order valence-corrected chi connectivity index (χ3v) is 3.31. The first-order valence-electron chi connectivity index (χ1n) is 5.57. The van der Waals surface area contributed by atoms with Crippen LogP contribution in [0.15, 0.2) is 30.3 Å². The number of carbonyl (C=O) groups is 2. The molecule has 0 spiro atoms. The first-order chi connectivity index (χ1) is 9.23. The van der Waals surface area contributed by atoms with Crippen molar-refractivity contribution in [3.8, 4) is 0 Å². The van der Waals surface area contributed by atoms with Crippen molar-refractivity contribution in [2.24, 2.45) is 5.73 Å². The van der Waals surface area contributed by atoms with Gasteiger partial charge in [-0.1, -0.05) is 18.2 Å². The standard InChI is InChI=1S/C11H14N2O6S/c12-9(11(15)16)6-7-10(14)13(20(17,18)19)8-4-2-1-3-5-8/h1-5,9H,6-7,12H2,(H,15,16)(H,17,18,19)/t9-/m0/s1. The van der Waals surface area contributed by atoms with E-state index in [2.05, 4.69) is 0 Å². The number of carboxylic acids is 1. The second kappa shape index (κ2) is 6.46. The molecule has 110 valence electrons. The number of rotatable bonds is 6. The summed E-state index contributed by atoms with van der Waals surface area (Å²) in [6.45, 7) is 0. The lowest BCUT2D eigenvalue weighted by molar-refractivity contribution is -0.138. The molecule has 1 aromatic carbocycles. The van der Waals surface area contributed by atoms with Crippen LogP contribution in [0.2, 0.25) is 0 Å². The maximum atomic E-state index is 11.9. The smallest absolute Gasteiger partial charge is 0.366 e. The van der Waals surface area contributed by atoms with Gasteiger partial charge in [0.15, 0.2) is 0 Å². The normalized spacial score (nSPS) is 12.7. The zero-order valence-corrected chi connectivity index (χ0v) is 11.2. The maximum absolute atomic E-state index is 11.9. The Morgan fingerprint density at radius 1 is 1.25 bits per heavy atom. The Balaban J connectivity index is 2.91. The van der Waals surface area contributed by atoms with Crippen molar-refractivity contribution in [1.29, 1.82) is 0 Å². The highest BCUT2D eigenvalue weighted by Crippen LogP contribution is 2.18. The fraction of sp³-hybridized carbons (Fsp3) is 0.273. The van der Waals surface area contributed by atoms with Gasteiger partial charge in [-0.05, 0) is 18.6 Å². The second-order valence-electron chi connectivity index (χ2n) is 3.95. The topological polar surface area (TPSA) is 138 Å². The Morgan fingerprint density at radius 3 is 2.25 bits per heavy atom. The summed E-state index contributed by atoms with van der Waals surface area (Å²) in [5.41, 5.74) is 5.19. The summed E-state index contributed by atoms with van der Waals surface area (Å²) < 4.78 is 31.8. The molecule has 0 aliphatic heterocycles. The quantitative estimate of drug-likeness (QED) is 0.629. The molecule has 0 unspecified atom stereocenters. The van der Waals surface area contributed by atoms with Crippen molar-refractivity contribution in [2.45, 2.75) is 18.9 Å². The summed E-state index contributed by atoms with van der Waals surface area (Å²) in [6.07, 6.45) is -0.671. The van der Waals surface area contributed by atoms with Gasteiger partial charge in [0.05, 0.1) is 5.69 Å². The van der Waals surface area contributed by atoms with E-state index >= 15 is 0 Å². The molecule has 0 aliphatic rings. The number of anilines is 1. The van der Waals surface area contributed by atoms with Gasteiger partial charge in [-0.25, -0.2) is 0 Å². The van der Waals surface area contributed by atoms with E-state index in [1.54, 1.807) is 6.07 Å². The van der Waals surface area contributed by atoms with Gasteiger partial charge in [0.1, 0.15) is 6.04 Å². The van der Waals surface area contributed by atoms with E-state index in [0.717, 1.165) is 0 Å². The minimum Gasteiger partial charge on any atom is -0.480 e. The highest BCUT2D eigenvalue weighted by molar-refractivity contribution is 7.88. The molecule has 0 saturated heterocycles. The molecule has 0 fully saturated rings. The van der Waals surface area contributed by atoms with Gasteiger partial charge in [-0.2, -0.15) is 12.7 Å². The molecular weight excluding hydrogens is 288 g/mol. The van der Waals surface area contributed by atoms with E-state index in [1.165, 1.54) is 24.3 Å². The number of carboxylic acid groups (broad SMARTS) is 1. The van der Waals surface area contributed by atoms with Crippen LogP contribution < -0.4 is 10.0 Å². The minimum atomic E-state index is -4.79. The predicted molar refractivity (Wildman–Crippen MR) is 70.3 cm³/mol. The Kier molecular flexibility index (Phi) is 5.19. The van der Waals surface area contributed by atoms with Crippen LogP contribution in [0, 0.1) is 0 Å². The van der Waals surface area contributed by atoms with E-state index < -0.39 is 34.6 Å². The lowest BCUT2D eigenvalue weighted by atomic mass is 10.1. The summed E-state index contributed by atoms with van der Waals surface area (Å²) in [5.74, 6) is -2.26. The van der Waals surface area contributed by atoms with Crippen LogP contribution >= 0.6 is 0 Å². The van der Waals surface area contributed by atoms with Crippen LogP contribution in [-0.2, 0) is 19.9 Å². The van der Waals surface area contributed by atoms with Gasteiger partial charge in [0, 0.05) is 6.42 Å². The van der Waals surface area contributed by atoms with Crippen LogP contribution in [0.25, 0.3) is 0 Å². The predicted octanol–water partition coefficient (Wildman–Crippen LogP) is 0.0145. The third-order valence-electron chi connectivity index (χ3n) is 2.43. The molecule has 9 heteroatoms. The van der Waals surface area contributed by atoms with Crippen LogP contribution in [0.3, 0.4) is 0 Å². The van der Waals surface area contributed by atoms with Crippen LogP contribution in [0.1, 0.15) is 12.8 Å². The average Bonchev–Trinajstić information content (AvgIpc) is 2.35. The number of aliphatic carboxylic acids is 1. The van der Waals surface area contributed by atoms with Crippen molar-refractivity contribution in [1.82, 2.24) is 0 Å². The van der Waals surface area contributed by atoms with E-state index in [0.29, 0.717) is 0 Å². The van der Waals surface area contributed by atoms with Gasteiger partial charge in [0.25, 0.3) is 0 Å². The number of para-hydroxylation sites is 1. The first kappa shape index (κ1) is 16.1. The molecule has 1 amide bonds. The number of benzene rings is 1. The number of nitrogens with zero attached hydrogens (tertiary/aromatic N) is 1. The molecule has 1 aromatic rings. The molecular formula is C11H14N2O6S. The average molecular weight is 302 g/mol. The maximum Gasteiger partial charge on any atom is 0.366 e. The van der Waals surface area contributed by atoms with E-state index in [4.69, 9.17) is 15.4 Å². The summed E-state index contributed by atoms with van der Waals surface area (Å²) in [6, 6.07) is 5.95. The second-order valence-corrected chi connectivity index (χ2v) is 5.22. The Bertz CT molecular complexity index is 586. The van der Waals surface area contributed by atoms with Gasteiger partial charge in [-0.3, -0.25) is 14.1 Å². The largest absolute Gasteiger partial charge is 0.480 e. The lowest BCUT2D eigenvalue weighted by Crippen LogP contribution is -2.38. The zero-order chi connectivity index (χ0) is 15.3. The summed E-state index contributed by atoms with van der Waals surface area (Å²) in [7, 11) is -4.79. The van der Waals surface area contributed by atoms with Crippen LogP contribution in [0.4, 0.5) is 5.69 Å². The fourth-order valence-corrected chi connectivity index (χ4v) is 2.21. The highest BCUT2D eigenvalue weighted by Gasteiger charge is 2.27. The molecule has 1 atom stereocenters. The van der Waals surface area contributed by atoms with Gasteiger partial charge in [-0.15, -0.1) is 0 Å². The van der Waals surface area contributed by atoms with Crippen molar-refractivity contribution < 1.29 is 27.7 Å². The SMILES string of the molecule is N[C@@H](CCC(=O)N(c1ccccc1)S(=O)(=O)O)C(=O)O. The lowest BCUT2D eigenvalue weighted by Gasteiger charge is -2.19. The molecule has 1 rings (SSSR count). The molecule has 4 N–H and O–H groups in total. The molecule has 0 heterocycles. The summed E-state index contributed by atoms with van der Waals surface area (Å²) >= 11 is 0. The van der Waals surface area contributed by atoms with E-state index in [9.17, 15) is 18.0 Å². The van der Waals surface area contributed by atoms with E-state index in [-0.39, 0.29) is 16.4 Å². The first-order valence-corrected chi connectivity index (χ1v) is 6.97. The van der Waals surface area contributed by atoms with E-state index in [1.807, 2.05) is 0 Å². The minimum absolute atomic E-state index is 0.0381. The molecule has 20 heavy (non-hydrogen) atoms. The molecule has 0 aliphatic carbocycles. The number of amides is 1. The monoisotopic (exact) mass is 302 g/mol. The number of hydrogen-bond donors (Lipinski definition) is 3. The van der Waals surface area contributed by atoms with Gasteiger partial charge >= 0.3 is 16.3 Å².